The Bertz CT molecular complexity index is 776. The number of ketones is 1. The number of hydrogen-bond acceptors (Lipinski definition) is 6. The summed E-state index contributed by atoms with van der Waals surface area (Å²) in [5.74, 6) is 1.52. The fourth-order valence-electron chi connectivity index (χ4n) is 2.44. The van der Waals surface area contributed by atoms with Crippen LogP contribution in [0.3, 0.4) is 0 Å². The van der Waals surface area contributed by atoms with Gasteiger partial charge in [0.2, 0.25) is 5.75 Å². The number of carbonyl (C=O) groups excluding carboxylic acids is 2. The summed E-state index contributed by atoms with van der Waals surface area (Å²) in [5, 5.41) is 2.72. The molecule has 0 saturated carbocycles. The van der Waals surface area contributed by atoms with Crippen molar-refractivity contribution in [2.75, 3.05) is 33.3 Å². The van der Waals surface area contributed by atoms with Crippen molar-refractivity contribution in [2.24, 2.45) is 0 Å². The van der Waals surface area contributed by atoms with Gasteiger partial charge in [0.25, 0.3) is 5.91 Å². The molecule has 144 valence electrons. The second-order valence-corrected chi connectivity index (χ2v) is 5.55. The lowest BCUT2D eigenvalue weighted by Gasteiger charge is -2.14. The fraction of sp³-hybridized carbons (Fsp3) is 0.300. The molecule has 0 bridgehead atoms. The summed E-state index contributed by atoms with van der Waals surface area (Å²) in [4.78, 5) is 23.8. The zero-order valence-corrected chi connectivity index (χ0v) is 15.8. The highest BCUT2D eigenvalue weighted by Crippen LogP contribution is 2.39. The molecule has 0 unspecified atom stereocenters. The number of rotatable bonds is 9. The second-order valence-electron chi connectivity index (χ2n) is 5.55. The van der Waals surface area contributed by atoms with Gasteiger partial charge >= 0.3 is 0 Å². The average Bonchev–Trinajstić information content (AvgIpc) is 2.71. The molecular weight excluding hydrogens is 350 g/mol. The molecule has 0 saturated heterocycles. The molecule has 0 aliphatic carbocycles. The minimum Gasteiger partial charge on any atom is -0.493 e. The number of benzene rings is 2. The Hall–Kier alpha value is -3.22. The minimum atomic E-state index is -0.349. The maximum Gasteiger partial charge on any atom is 0.262 e. The largest absolute Gasteiger partial charge is 0.493 e. The molecule has 0 aliphatic rings. The van der Waals surface area contributed by atoms with Crippen molar-refractivity contribution in [3.63, 3.8) is 0 Å². The molecule has 2 aromatic rings. The van der Waals surface area contributed by atoms with E-state index >= 15 is 0 Å². The van der Waals surface area contributed by atoms with Crippen LogP contribution < -0.4 is 24.3 Å². The standard InChI is InChI=1S/C20H23NO6/c1-5-16(22)13-6-8-15(9-7-13)27-12-19(23)21-14-10-17(24-2)20(26-4)18(11-14)25-3/h6-11H,5,12H2,1-4H3,(H,21,23). The van der Waals surface area contributed by atoms with Crippen LogP contribution in [0.1, 0.15) is 23.7 Å². The molecule has 0 aliphatic heterocycles. The van der Waals surface area contributed by atoms with Crippen LogP contribution in [-0.2, 0) is 4.79 Å². The first kappa shape index (κ1) is 20.1. The number of anilines is 1. The molecule has 0 heterocycles. The number of ether oxygens (including phenoxy) is 4. The summed E-state index contributed by atoms with van der Waals surface area (Å²) in [7, 11) is 4.50. The predicted molar refractivity (Wildman–Crippen MR) is 101 cm³/mol. The van der Waals surface area contributed by atoms with E-state index < -0.39 is 0 Å². The monoisotopic (exact) mass is 373 g/mol. The van der Waals surface area contributed by atoms with Crippen molar-refractivity contribution in [3.05, 3.63) is 42.0 Å². The highest BCUT2D eigenvalue weighted by molar-refractivity contribution is 5.96. The van der Waals surface area contributed by atoms with Crippen molar-refractivity contribution in [1.82, 2.24) is 0 Å². The van der Waals surface area contributed by atoms with E-state index in [0.717, 1.165) is 0 Å². The predicted octanol–water partition coefficient (Wildman–Crippen LogP) is 3.32. The Labute approximate surface area is 158 Å². The van der Waals surface area contributed by atoms with Crippen LogP contribution in [0.15, 0.2) is 36.4 Å². The van der Waals surface area contributed by atoms with E-state index in [9.17, 15) is 9.59 Å². The van der Waals surface area contributed by atoms with Gasteiger partial charge < -0.3 is 24.3 Å². The SMILES string of the molecule is CCC(=O)c1ccc(OCC(=O)Nc2cc(OC)c(OC)c(OC)c2)cc1. The fourth-order valence-corrected chi connectivity index (χ4v) is 2.44. The molecule has 0 spiro atoms. The van der Waals surface area contributed by atoms with Gasteiger partial charge in [0, 0.05) is 29.8 Å². The molecule has 2 rings (SSSR count). The first-order chi connectivity index (χ1) is 13.0. The quantitative estimate of drug-likeness (QED) is 0.679. The molecule has 1 N–H and O–H groups in total. The molecule has 2 aromatic carbocycles. The molecule has 0 fully saturated rings. The Morgan fingerprint density at radius 1 is 0.926 bits per heavy atom. The second kappa shape index (κ2) is 9.47. The number of Topliss-reactive ketones (excluding diaryl/α,β-unsaturated/α-hetero) is 1. The van der Waals surface area contributed by atoms with Gasteiger partial charge in [-0.15, -0.1) is 0 Å². The van der Waals surface area contributed by atoms with E-state index in [-0.39, 0.29) is 18.3 Å². The van der Waals surface area contributed by atoms with Crippen LogP contribution in [0.2, 0.25) is 0 Å². The van der Waals surface area contributed by atoms with Crippen LogP contribution >= 0.6 is 0 Å². The molecule has 7 nitrogen and oxygen atoms in total. The zero-order valence-electron chi connectivity index (χ0n) is 15.8. The van der Waals surface area contributed by atoms with Gasteiger partial charge in [-0.2, -0.15) is 0 Å². The van der Waals surface area contributed by atoms with Crippen LogP contribution in [0.25, 0.3) is 0 Å². The van der Waals surface area contributed by atoms with Gasteiger partial charge in [0.15, 0.2) is 23.9 Å². The number of nitrogens with one attached hydrogen (secondary N) is 1. The van der Waals surface area contributed by atoms with Crippen LogP contribution in [-0.4, -0.2) is 39.6 Å². The Kier molecular flexibility index (Phi) is 7.05. The van der Waals surface area contributed by atoms with Gasteiger partial charge in [0.05, 0.1) is 21.3 Å². The lowest BCUT2D eigenvalue weighted by molar-refractivity contribution is -0.118. The third kappa shape index (κ3) is 5.13. The summed E-state index contributed by atoms with van der Waals surface area (Å²) in [5.41, 5.74) is 1.11. The van der Waals surface area contributed by atoms with Crippen molar-refractivity contribution in [1.29, 1.82) is 0 Å². The van der Waals surface area contributed by atoms with E-state index in [1.807, 2.05) is 0 Å². The molecule has 0 radical (unpaired) electrons. The van der Waals surface area contributed by atoms with Gasteiger partial charge in [-0.3, -0.25) is 9.59 Å². The molecule has 7 heteroatoms. The van der Waals surface area contributed by atoms with Gasteiger partial charge in [0.1, 0.15) is 5.75 Å². The number of amides is 1. The van der Waals surface area contributed by atoms with Crippen LogP contribution in [0.5, 0.6) is 23.0 Å². The van der Waals surface area contributed by atoms with Crippen molar-refractivity contribution < 1.29 is 28.5 Å². The van der Waals surface area contributed by atoms with Crippen molar-refractivity contribution in [2.45, 2.75) is 13.3 Å². The normalized spacial score (nSPS) is 10.1. The highest BCUT2D eigenvalue weighted by Gasteiger charge is 2.14. The number of carbonyl (C=O) groups is 2. The van der Waals surface area contributed by atoms with Crippen molar-refractivity contribution >= 4 is 17.4 Å². The van der Waals surface area contributed by atoms with Gasteiger partial charge in [-0.05, 0) is 24.3 Å². The summed E-state index contributed by atoms with van der Waals surface area (Å²) >= 11 is 0. The first-order valence-electron chi connectivity index (χ1n) is 8.38. The smallest absolute Gasteiger partial charge is 0.262 e. The zero-order chi connectivity index (χ0) is 19.8. The number of methoxy groups -OCH3 is 3. The van der Waals surface area contributed by atoms with E-state index in [0.29, 0.717) is 40.7 Å². The molecule has 0 aromatic heterocycles. The van der Waals surface area contributed by atoms with Gasteiger partial charge in [-0.25, -0.2) is 0 Å². The summed E-state index contributed by atoms with van der Waals surface area (Å²) in [6, 6.07) is 9.94. The molecule has 1 amide bonds. The van der Waals surface area contributed by atoms with E-state index in [4.69, 9.17) is 18.9 Å². The average molecular weight is 373 g/mol. The third-order valence-corrected chi connectivity index (χ3v) is 3.82. The van der Waals surface area contributed by atoms with E-state index in [2.05, 4.69) is 5.32 Å². The third-order valence-electron chi connectivity index (χ3n) is 3.82. The summed E-state index contributed by atoms with van der Waals surface area (Å²) < 4.78 is 21.2. The molecular formula is C20H23NO6. The first-order valence-corrected chi connectivity index (χ1v) is 8.38. The van der Waals surface area contributed by atoms with E-state index in [1.165, 1.54) is 21.3 Å². The lowest BCUT2D eigenvalue weighted by Crippen LogP contribution is -2.20. The number of hydrogen-bond donors (Lipinski definition) is 1. The molecule has 0 atom stereocenters. The van der Waals surface area contributed by atoms with Gasteiger partial charge in [-0.1, -0.05) is 6.92 Å². The summed E-state index contributed by atoms with van der Waals surface area (Å²) in [6.45, 7) is 1.62. The Morgan fingerprint density at radius 2 is 1.52 bits per heavy atom. The Balaban J connectivity index is 2.00. The summed E-state index contributed by atoms with van der Waals surface area (Å²) in [6.07, 6.45) is 0.442. The van der Waals surface area contributed by atoms with Crippen LogP contribution in [0, 0.1) is 0 Å². The minimum absolute atomic E-state index is 0.0571. The van der Waals surface area contributed by atoms with E-state index in [1.54, 1.807) is 43.3 Å². The Morgan fingerprint density at radius 3 is 2.00 bits per heavy atom. The molecule has 27 heavy (non-hydrogen) atoms. The van der Waals surface area contributed by atoms with Crippen LogP contribution in [0.4, 0.5) is 5.69 Å². The lowest BCUT2D eigenvalue weighted by atomic mass is 10.1. The van der Waals surface area contributed by atoms with Crippen molar-refractivity contribution in [3.8, 4) is 23.0 Å². The topological polar surface area (TPSA) is 83.1 Å². The maximum atomic E-state index is 12.2. The highest BCUT2D eigenvalue weighted by atomic mass is 16.5. The maximum absolute atomic E-state index is 12.2.